The van der Waals surface area contributed by atoms with E-state index in [2.05, 4.69) is 5.32 Å². The maximum absolute atomic E-state index is 11.5. The normalized spacial score (nSPS) is 10.6. The highest BCUT2D eigenvalue weighted by Gasteiger charge is 2.14. The van der Waals surface area contributed by atoms with Crippen LogP contribution in [0.3, 0.4) is 0 Å². The second-order valence-electron chi connectivity index (χ2n) is 3.48. The zero-order chi connectivity index (χ0) is 16.6. The summed E-state index contributed by atoms with van der Waals surface area (Å²) in [5.74, 6) is -1.45. The molecular formula is C14H27FN2O3. The van der Waals surface area contributed by atoms with Crippen molar-refractivity contribution < 1.29 is 19.1 Å². The summed E-state index contributed by atoms with van der Waals surface area (Å²) in [5, 5.41) is 12.0. The number of hydrogen-bond acceptors (Lipinski definition) is 4. The van der Waals surface area contributed by atoms with Gasteiger partial charge in [0.25, 0.3) is 5.91 Å². The third kappa shape index (κ3) is 12.8. The summed E-state index contributed by atoms with van der Waals surface area (Å²) >= 11 is 0. The van der Waals surface area contributed by atoms with Crippen LogP contribution in [-0.4, -0.2) is 37.1 Å². The Morgan fingerprint density at radius 2 is 1.75 bits per heavy atom. The van der Waals surface area contributed by atoms with Crippen LogP contribution in [0.4, 0.5) is 4.39 Å². The first kappa shape index (κ1) is 23.4. The van der Waals surface area contributed by atoms with E-state index >= 15 is 0 Å². The van der Waals surface area contributed by atoms with Crippen LogP contribution in [0.2, 0.25) is 0 Å². The second-order valence-corrected chi connectivity index (χ2v) is 3.48. The summed E-state index contributed by atoms with van der Waals surface area (Å²) in [7, 11) is 0.500. The van der Waals surface area contributed by atoms with Gasteiger partial charge >= 0.3 is 0 Å². The van der Waals surface area contributed by atoms with Gasteiger partial charge in [-0.05, 0) is 26.0 Å². The lowest BCUT2D eigenvalue weighted by atomic mass is 10.1. The van der Waals surface area contributed by atoms with E-state index in [1.165, 1.54) is 13.0 Å². The van der Waals surface area contributed by atoms with Crippen molar-refractivity contribution >= 4 is 11.7 Å². The van der Waals surface area contributed by atoms with Gasteiger partial charge in [0, 0.05) is 13.5 Å². The first-order valence-electron chi connectivity index (χ1n) is 6.39. The Kier molecular flexibility index (Phi) is 20.3. The van der Waals surface area contributed by atoms with Gasteiger partial charge in [0.1, 0.15) is 0 Å². The topological polar surface area (TPSA) is 92.4 Å². The Labute approximate surface area is 120 Å². The number of alkyl halides is 1. The van der Waals surface area contributed by atoms with Crippen LogP contribution in [0.25, 0.3) is 0 Å². The van der Waals surface area contributed by atoms with Crippen molar-refractivity contribution in [1.29, 1.82) is 0 Å². The fourth-order valence-electron chi connectivity index (χ4n) is 0.952. The number of aliphatic hydroxyl groups is 1. The maximum Gasteiger partial charge on any atom is 0.255 e. The monoisotopic (exact) mass is 290 g/mol. The standard InChI is InChI=1S/C11H17NO3.C2H7N.CH3F/c1-4-6-9(10(14)8(3)13)11(15)12-7-5-2;1-2-3;1-2/h4,6,14H,5,7H2,1-3H3,(H,12,15);2-3H2,1H3;1H3/b6-4-,10-9-;;. The van der Waals surface area contributed by atoms with Crippen molar-refractivity contribution in [2.24, 2.45) is 5.73 Å². The SMILES string of the molecule is C/C=C\C(C(=O)NCCC)=C(\O)C(C)=O.CCN.CF. The lowest BCUT2D eigenvalue weighted by molar-refractivity contribution is -0.119. The van der Waals surface area contributed by atoms with Crippen molar-refractivity contribution in [3.05, 3.63) is 23.5 Å². The number of carbonyl (C=O) groups excluding carboxylic acids is 2. The molecule has 0 spiro atoms. The number of halogens is 1. The Bertz CT molecular complexity index is 326. The largest absolute Gasteiger partial charge is 0.504 e. The molecule has 0 unspecified atom stereocenters. The number of amides is 1. The van der Waals surface area contributed by atoms with Gasteiger partial charge in [0.05, 0.1) is 12.8 Å². The van der Waals surface area contributed by atoms with Gasteiger partial charge in [-0.15, -0.1) is 0 Å². The Balaban J connectivity index is -0.000000505. The molecule has 0 aliphatic heterocycles. The number of hydrogen-bond donors (Lipinski definition) is 3. The van der Waals surface area contributed by atoms with E-state index in [9.17, 15) is 19.1 Å². The molecule has 0 heterocycles. The summed E-state index contributed by atoms with van der Waals surface area (Å²) in [5.41, 5.74) is 4.86. The van der Waals surface area contributed by atoms with E-state index in [4.69, 9.17) is 5.73 Å². The van der Waals surface area contributed by atoms with E-state index in [0.717, 1.165) is 13.0 Å². The summed E-state index contributed by atoms with van der Waals surface area (Å²) < 4.78 is 9.50. The minimum atomic E-state index is -0.519. The highest BCUT2D eigenvalue weighted by Crippen LogP contribution is 2.05. The van der Waals surface area contributed by atoms with Crippen LogP contribution in [0.15, 0.2) is 23.5 Å². The molecule has 0 aromatic carbocycles. The molecule has 6 heteroatoms. The summed E-state index contributed by atoms with van der Waals surface area (Å²) in [6, 6.07) is 0. The molecule has 5 nitrogen and oxygen atoms in total. The van der Waals surface area contributed by atoms with Gasteiger partial charge in [0.15, 0.2) is 11.5 Å². The van der Waals surface area contributed by atoms with E-state index in [1.54, 1.807) is 13.0 Å². The highest BCUT2D eigenvalue weighted by molar-refractivity contribution is 6.04. The van der Waals surface area contributed by atoms with Crippen molar-refractivity contribution in [2.75, 3.05) is 20.3 Å². The van der Waals surface area contributed by atoms with Gasteiger partial charge in [-0.2, -0.15) is 0 Å². The van der Waals surface area contributed by atoms with Crippen molar-refractivity contribution in [3.63, 3.8) is 0 Å². The van der Waals surface area contributed by atoms with Gasteiger partial charge in [-0.1, -0.05) is 19.9 Å². The molecule has 0 saturated heterocycles. The number of allylic oxidation sites excluding steroid dienone is 2. The molecule has 0 bridgehead atoms. The summed E-state index contributed by atoms with van der Waals surface area (Å²) in [6.45, 7) is 8.02. The second kappa shape index (κ2) is 17.3. The van der Waals surface area contributed by atoms with E-state index in [-0.39, 0.29) is 5.57 Å². The van der Waals surface area contributed by atoms with Gasteiger partial charge in [-0.25, -0.2) is 0 Å². The molecule has 0 aromatic heterocycles. The first-order chi connectivity index (χ1) is 9.45. The van der Waals surface area contributed by atoms with Crippen LogP contribution in [0, 0.1) is 0 Å². The zero-order valence-corrected chi connectivity index (χ0v) is 13.0. The fourth-order valence-corrected chi connectivity index (χ4v) is 0.952. The third-order valence-electron chi connectivity index (χ3n) is 1.70. The lowest BCUT2D eigenvalue weighted by Crippen LogP contribution is -2.26. The van der Waals surface area contributed by atoms with E-state index in [0.29, 0.717) is 13.7 Å². The predicted octanol–water partition coefficient (Wildman–Crippen LogP) is 2.04. The molecule has 0 radical (unpaired) electrons. The number of carbonyl (C=O) groups is 2. The zero-order valence-electron chi connectivity index (χ0n) is 13.0. The molecule has 1 amide bonds. The quantitative estimate of drug-likeness (QED) is 0.410. The average molecular weight is 290 g/mol. The highest BCUT2D eigenvalue weighted by atomic mass is 19.1. The van der Waals surface area contributed by atoms with Crippen molar-refractivity contribution in [2.45, 2.75) is 34.1 Å². The predicted molar refractivity (Wildman–Crippen MR) is 80.2 cm³/mol. The number of nitrogens with one attached hydrogen (secondary N) is 1. The first-order valence-corrected chi connectivity index (χ1v) is 6.39. The van der Waals surface area contributed by atoms with Gasteiger partial charge in [-0.3, -0.25) is 14.0 Å². The van der Waals surface area contributed by atoms with Crippen LogP contribution in [0.5, 0.6) is 0 Å². The number of rotatable bonds is 5. The number of nitrogens with two attached hydrogens (primary N) is 1. The smallest absolute Gasteiger partial charge is 0.255 e. The number of aliphatic hydroxyl groups excluding tert-OH is 1. The van der Waals surface area contributed by atoms with Crippen LogP contribution in [0.1, 0.15) is 34.1 Å². The van der Waals surface area contributed by atoms with Crippen LogP contribution >= 0.6 is 0 Å². The Morgan fingerprint density at radius 1 is 1.30 bits per heavy atom. The van der Waals surface area contributed by atoms with E-state index < -0.39 is 17.4 Å². The maximum atomic E-state index is 11.5. The minimum Gasteiger partial charge on any atom is -0.504 e. The molecule has 0 aromatic rings. The average Bonchev–Trinajstić information content (AvgIpc) is 2.44. The van der Waals surface area contributed by atoms with Gasteiger partial charge < -0.3 is 16.2 Å². The third-order valence-corrected chi connectivity index (χ3v) is 1.70. The molecular weight excluding hydrogens is 263 g/mol. The van der Waals surface area contributed by atoms with Crippen molar-refractivity contribution in [3.8, 4) is 0 Å². The number of Topliss-reactive ketones (excluding diaryl/α,β-unsaturated/α-hetero) is 1. The van der Waals surface area contributed by atoms with Crippen LogP contribution < -0.4 is 11.1 Å². The summed E-state index contributed by atoms with van der Waals surface area (Å²) in [4.78, 5) is 22.4. The molecule has 0 rings (SSSR count). The minimum absolute atomic E-state index is 0.0125. The van der Waals surface area contributed by atoms with Crippen LogP contribution in [-0.2, 0) is 9.59 Å². The molecule has 0 atom stereocenters. The number of ketones is 1. The molecule has 0 aliphatic carbocycles. The summed E-state index contributed by atoms with van der Waals surface area (Å²) in [6.07, 6.45) is 3.82. The van der Waals surface area contributed by atoms with Crippen molar-refractivity contribution in [1.82, 2.24) is 5.32 Å². The Morgan fingerprint density at radius 3 is 2.05 bits per heavy atom. The molecule has 118 valence electrons. The molecule has 0 aliphatic rings. The molecule has 20 heavy (non-hydrogen) atoms. The molecule has 0 fully saturated rings. The molecule has 0 saturated carbocycles. The van der Waals surface area contributed by atoms with Gasteiger partial charge in [0.2, 0.25) is 0 Å². The Hall–Kier alpha value is -1.69. The molecule has 4 N–H and O–H groups in total. The van der Waals surface area contributed by atoms with E-state index in [1.807, 2.05) is 13.8 Å². The lowest BCUT2D eigenvalue weighted by Gasteiger charge is -2.05. The fraction of sp³-hybridized carbons (Fsp3) is 0.571.